The van der Waals surface area contributed by atoms with Crippen LogP contribution in [-0.2, 0) is 17.8 Å². The van der Waals surface area contributed by atoms with Crippen LogP contribution in [0.5, 0.6) is 0 Å². The van der Waals surface area contributed by atoms with E-state index in [-0.39, 0.29) is 13.2 Å². The molecule has 0 saturated heterocycles. The number of halogens is 1. The molecule has 2 rings (SSSR count). The first-order chi connectivity index (χ1) is 11.1. The van der Waals surface area contributed by atoms with Gasteiger partial charge >= 0.3 is 0 Å². The van der Waals surface area contributed by atoms with Crippen molar-refractivity contribution in [3.05, 3.63) is 71.8 Å². The fourth-order valence-electron chi connectivity index (χ4n) is 2.44. The van der Waals surface area contributed by atoms with Gasteiger partial charge in [0.05, 0.1) is 6.61 Å². The summed E-state index contributed by atoms with van der Waals surface area (Å²) in [6, 6.07) is 20.0. The molecule has 0 aliphatic heterocycles. The summed E-state index contributed by atoms with van der Waals surface area (Å²) in [7, 11) is 0. The summed E-state index contributed by atoms with van der Waals surface area (Å²) < 4.78 is 19.1. The molecule has 4 heteroatoms. The Morgan fingerprint density at radius 3 is 1.87 bits per heavy atom. The van der Waals surface area contributed by atoms with Gasteiger partial charge in [-0.05, 0) is 18.1 Å². The molecule has 0 saturated carbocycles. The summed E-state index contributed by atoms with van der Waals surface area (Å²) in [6.07, 6.45) is -2.08. The van der Waals surface area contributed by atoms with E-state index in [2.05, 4.69) is 4.90 Å². The van der Waals surface area contributed by atoms with Gasteiger partial charge in [0, 0.05) is 19.6 Å². The van der Waals surface area contributed by atoms with Crippen LogP contribution in [0, 0.1) is 0 Å². The Bertz CT molecular complexity index is 506. The highest BCUT2D eigenvalue weighted by molar-refractivity contribution is 5.17. The van der Waals surface area contributed by atoms with E-state index in [0.717, 1.165) is 11.1 Å². The van der Waals surface area contributed by atoms with E-state index in [4.69, 9.17) is 9.84 Å². The zero-order valence-electron chi connectivity index (χ0n) is 13.4. The first-order valence-electron chi connectivity index (χ1n) is 7.87. The molecule has 0 spiro atoms. The zero-order chi connectivity index (χ0) is 16.5. The minimum Gasteiger partial charge on any atom is -0.368 e. The third-order valence-electron chi connectivity index (χ3n) is 3.47. The number of rotatable bonds is 9. The van der Waals surface area contributed by atoms with Crippen LogP contribution in [-0.4, -0.2) is 35.6 Å². The fraction of sp³-hybridized carbons (Fsp3) is 0.368. The summed E-state index contributed by atoms with van der Waals surface area (Å²) in [5, 5.41) is 9.10. The van der Waals surface area contributed by atoms with Gasteiger partial charge < -0.3 is 9.84 Å². The average molecular weight is 317 g/mol. The molecule has 23 heavy (non-hydrogen) atoms. The van der Waals surface area contributed by atoms with E-state index in [1.54, 1.807) is 0 Å². The Labute approximate surface area is 137 Å². The van der Waals surface area contributed by atoms with Crippen LogP contribution < -0.4 is 0 Å². The first kappa shape index (κ1) is 17.6. The molecular weight excluding hydrogens is 293 g/mol. The fourth-order valence-corrected chi connectivity index (χ4v) is 2.44. The molecule has 0 fully saturated rings. The molecule has 0 radical (unpaired) electrons. The van der Waals surface area contributed by atoms with Crippen molar-refractivity contribution in [1.82, 2.24) is 4.90 Å². The van der Waals surface area contributed by atoms with Gasteiger partial charge in [-0.15, -0.1) is 0 Å². The highest BCUT2D eigenvalue weighted by Crippen LogP contribution is 2.12. The maximum absolute atomic E-state index is 14.1. The van der Waals surface area contributed by atoms with Crippen molar-refractivity contribution in [3.8, 4) is 0 Å². The number of hydrogen-bond donors (Lipinski definition) is 1. The number of hydrogen-bond acceptors (Lipinski definition) is 3. The SMILES string of the molecule is CC(O)OCC(F)CN(Cc1ccccc1)Cc1ccccc1. The Morgan fingerprint density at radius 2 is 1.43 bits per heavy atom. The third-order valence-corrected chi connectivity index (χ3v) is 3.47. The van der Waals surface area contributed by atoms with Crippen molar-refractivity contribution in [2.75, 3.05) is 13.2 Å². The number of ether oxygens (including phenoxy) is 1. The van der Waals surface area contributed by atoms with E-state index in [1.807, 2.05) is 60.7 Å². The number of aliphatic hydroxyl groups is 1. The maximum atomic E-state index is 14.1. The second-order valence-corrected chi connectivity index (χ2v) is 5.67. The van der Waals surface area contributed by atoms with Gasteiger partial charge in [0.1, 0.15) is 6.17 Å². The summed E-state index contributed by atoms with van der Waals surface area (Å²) >= 11 is 0. The van der Waals surface area contributed by atoms with E-state index in [1.165, 1.54) is 6.92 Å². The molecule has 3 nitrogen and oxygen atoms in total. The summed E-state index contributed by atoms with van der Waals surface area (Å²) in [5.41, 5.74) is 2.29. The van der Waals surface area contributed by atoms with Gasteiger partial charge in [-0.25, -0.2) is 4.39 Å². The summed E-state index contributed by atoms with van der Waals surface area (Å²) in [4.78, 5) is 2.06. The van der Waals surface area contributed by atoms with Crippen LogP contribution in [0.2, 0.25) is 0 Å². The maximum Gasteiger partial charge on any atom is 0.151 e. The number of alkyl halides is 1. The van der Waals surface area contributed by atoms with Crippen molar-refractivity contribution in [2.45, 2.75) is 32.5 Å². The largest absolute Gasteiger partial charge is 0.368 e. The van der Waals surface area contributed by atoms with Gasteiger partial charge in [0.2, 0.25) is 0 Å². The van der Waals surface area contributed by atoms with Gasteiger partial charge in [-0.3, -0.25) is 4.90 Å². The molecule has 2 atom stereocenters. The van der Waals surface area contributed by atoms with Crippen LogP contribution in [0.15, 0.2) is 60.7 Å². The topological polar surface area (TPSA) is 32.7 Å². The molecule has 2 aromatic rings. The van der Waals surface area contributed by atoms with Crippen molar-refractivity contribution < 1.29 is 14.2 Å². The lowest BCUT2D eigenvalue weighted by Crippen LogP contribution is -2.32. The van der Waals surface area contributed by atoms with Crippen LogP contribution in [0.3, 0.4) is 0 Å². The van der Waals surface area contributed by atoms with Crippen LogP contribution in [0.25, 0.3) is 0 Å². The third kappa shape index (κ3) is 6.91. The van der Waals surface area contributed by atoms with Gasteiger partial charge in [-0.1, -0.05) is 60.7 Å². The molecule has 0 heterocycles. The number of nitrogens with zero attached hydrogens (tertiary/aromatic N) is 1. The Hall–Kier alpha value is -1.75. The van der Waals surface area contributed by atoms with Crippen molar-refractivity contribution in [2.24, 2.45) is 0 Å². The van der Waals surface area contributed by atoms with Gasteiger partial charge in [0.15, 0.2) is 6.29 Å². The molecule has 0 aliphatic carbocycles. The van der Waals surface area contributed by atoms with Crippen LogP contribution >= 0.6 is 0 Å². The lowest BCUT2D eigenvalue weighted by atomic mass is 10.1. The predicted octanol–water partition coefficient (Wildman–Crippen LogP) is 3.38. The molecule has 0 bridgehead atoms. The second kappa shape index (κ2) is 9.40. The molecule has 0 aromatic heterocycles. The molecule has 124 valence electrons. The standard InChI is InChI=1S/C19H24FNO2/c1-16(22)23-15-19(20)14-21(12-17-8-4-2-5-9-17)13-18-10-6-3-7-11-18/h2-11,16,19,22H,12-15H2,1H3. The van der Waals surface area contributed by atoms with Crippen molar-refractivity contribution in [3.63, 3.8) is 0 Å². The highest BCUT2D eigenvalue weighted by Gasteiger charge is 2.15. The van der Waals surface area contributed by atoms with Crippen molar-refractivity contribution >= 4 is 0 Å². The Morgan fingerprint density at radius 1 is 0.957 bits per heavy atom. The molecule has 2 aromatic carbocycles. The van der Waals surface area contributed by atoms with E-state index < -0.39 is 12.5 Å². The van der Waals surface area contributed by atoms with E-state index >= 15 is 0 Å². The smallest absolute Gasteiger partial charge is 0.151 e. The quantitative estimate of drug-likeness (QED) is 0.720. The van der Waals surface area contributed by atoms with Crippen molar-refractivity contribution in [1.29, 1.82) is 0 Å². The summed E-state index contributed by atoms with van der Waals surface area (Å²) in [6.45, 7) is 2.99. The number of benzene rings is 2. The minimum absolute atomic E-state index is 0.0995. The summed E-state index contributed by atoms with van der Waals surface area (Å²) in [5.74, 6) is 0. The first-order valence-corrected chi connectivity index (χ1v) is 7.87. The zero-order valence-corrected chi connectivity index (χ0v) is 13.4. The van der Waals surface area contributed by atoms with Gasteiger partial charge in [-0.2, -0.15) is 0 Å². The lowest BCUT2D eigenvalue weighted by molar-refractivity contribution is -0.102. The Balaban J connectivity index is 1.98. The molecular formula is C19H24FNO2. The minimum atomic E-state index is -1.14. The average Bonchev–Trinajstić information content (AvgIpc) is 2.55. The number of aliphatic hydroxyl groups excluding tert-OH is 1. The van der Waals surface area contributed by atoms with Crippen LogP contribution in [0.1, 0.15) is 18.1 Å². The predicted molar refractivity (Wildman–Crippen MR) is 89.5 cm³/mol. The lowest BCUT2D eigenvalue weighted by Gasteiger charge is -2.24. The highest BCUT2D eigenvalue weighted by atomic mass is 19.1. The van der Waals surface area contributed by atoms with E-state index in [0.29, 0.717) is 13.1 Å². The molecule has 0 amide bonds. The normalized spacial score (nSPS) is 13.9. The molecule has 1 N–H and O–H groups in total. The Kier molecular flexibility index (Phi) is 7.20. The molecule has 2 unspecified atom stereocenters. The second-order valence-electron chi connectivity index (χ2n) is 5.67. The van der Waals surface area contributed by atoms with E-state index in [9.17, 15) is 4.39 Å². The monoisotopic (exact) mass is 317 g/mol. The molecule has 0 aliphatic rings. The van der Waals surface area contributed by atoms with Crippen LogP contribution in [0.4, 0.5) is 4.39 Å². The van der Waals surface area contributed by atoms with Gasteiger partial charge in [0.25, 0.3) is 0 Å².